The van der Waals surface area contributed by atoms with Gasteiger partial charge in [-0.15, -0.1) is 0 Å². The van der Waals surface area contributed by atoms with E-state index in [9.17, 15) is 5.11 Å². The molecule has 0 bridgehead atoms. The second-order valence-corrected chi connectivity index (χ2v) is 4.95. The van der Waals surface area contributed by atoms with Crippen molar-refractivity contribution in [2.75, 3.05) is 39.1 Å². The molecule has 0 aromatic rings. The third kappa shape index (κ3) is 5.20. The molecule has 0 aliphatic carbocycles. The summed E-state index contributed by atoms with van der Waals surface area (Å²) in [7, 11) is 2.08. The van der Waals surface area contributed by atoms with Crippen molar-refractivity contribution in [3.05, 3.63) is 0 Å². The Morgan fingerprint density at radius 3 is 2.60 bits per heavy atom. The maximum Gasteiger partial charge on any atom is 0.0817 e. The minimum absolute atomic E-state index is 0.520. The average Bonchev–Trinajstić information content (AvgIpc) is 2.18. The molecule has 0 aromatic carbocycles. The summed E-state index contributed by atoms with van der Waals surface area (Å²) < 4.78 is 5.26. The van der Waals surface area contributed by atoms with Crippen LogP contribution < -0.4 is 0 Å². The molecule has 15 heavy (non-hydrogen) atoms. The van der Waals surface area contributed by atoms with Crippen molar-refractivity contribution in [3.63, 3.8) is 0 Å². The van der Waals surface area contributed by atoms with Gasteiger partial charge in [0.1, 0.15) is 0 Å². The minimum Gasteiger partial charge on any atom is -0.388 e. The van der Waals surface area contributed by atoms with Crippen molar-refractivity contribution in [2.24, 2.45) is 0 Å². The number of ether oxygens (including phenoxy) is 1. The Kier molecular flexibility index (Phi) is 5.97. The van der Waals surface area contributed by atoms with Crippen LogP contribution in [0.15, 0.2) is 0 Å². The predicted octanol–water partition coefficient (Wildman–Crippen LogP) is 1.17. The van der Waals surface area contributed by atoms with Gasteiger partial charge in [-0.3, -0.25) is 0 Å². The van der Waals surface area contributed by atoms with E-state index in [2.05, 4.69) is 24.6 Å². The van der Waals surface area contributed by atoms with Crippen LogP contribution in [0, 0.1) is 0 Å². The molecule has 1 N–H and O–H groups in total. The van der Waals surface area contributed by atoms with Crippen molar-refractivity contribution >= 4 is 12.6 Å². The maximum atomic E-state index is 10.3. The Balaban J connectivity index is 2.20. The summed E-state index contributed by atoms with van der Waals surface area (Å²) >= 11 is 4.19. The summed E-state index contributed by atoms with van der Waals surface area (Å²) in [5.74, 6) is 0.950. The maximum absolute atomic E-state index is 10.3. The molecule has 1 heterocycles. The number of aliphatic hydroxyl groups is 1. The number of thiol groups is 1. The molecular weight excluding hydrogens is 210 g/mol. The number of likely N-dealkylation sites (N-methyl/N-ethyl adjacent to an activating group) is 1. The lowest BCUT2D eigenvalue weighted by Gasteiger charge is -2.35. The third-order valence-electron chi connectivity index (χ3n) is 2.94. The molecule has 1 aliphatic heterocycles. The van der Waals surface area contributed by atoms with Crippen LogP contribution in [0.25, 0.3) is 0 Å². The van der Waals surface area contributed by atoms with Gasteiger partial charge in [-0.1, -0.05) is 0 Å². The molecule has 0 spiro atoms. The molecule has 4 heteroatoms. The van der Waals surface area contributed by atoms with E-state index in [1.807, 2.05) is 0 Å². The lowest BCUT2D eigenvalue weighted by atomic mass is 9.94. The smallest absolute Gasteiger partial charge is 0.0817 e. The second-order valence-electron chi connectivity index (χ2n) is 4.51. The van der Waals surface area contributed by atoms with E-state index < -0.39 is 5.60 Å². The van der Waals surface area contributed by atoms with Gasteiger partial charge < -0.3 is 14.7 Å². The summed E-state index contributed by atoms with van der Waals surface area (Å²) in [4.78, 5) is 2.22. The van der Waals surface area contributed by atoms with E-state index >= 15 is 0 Å². The first-order chi connectivity index (χ1) is 7.16. The van der Waals surface area contributed by atoms with Gasteiger partial charge in [0.2, 0.25) is 0 Å². The van der Waals surface area contributed by atoms with Crippen molar-refractivity contribution < 1.29 is 9.84 Å². The average molecular weight is 233 g/mol. The number of hydrogen-bond donors (Lipinski definition) is 2. The molecule has 0 aromatic heterocycles. The highest BCUT2D eigenvalue weighted by Gasteiger charge is 2.30. The first-order valence-corrected chi connectivity index (χ1v) is 6.39. The largest absolute Gasteiger partial charge is 0.388 e. The highest BCUT2D eigenvalue weighted by Crippen LogP contribution is 2.21. The van der Waals surface area contributed by atoms with E-state index in [4.69, 9.17) is 4.74 Å². The van der Waals surface area contributed by atoms with Gasteiger partial charge in [0.15, 0.2) is 0 Å². The van der Waals surface area contributed by atoms with Gasteiger partial charge in [-0.25, -0.2) is 0 Å². The molecule has 1 aliphatic rings. The number of rotatable bonds is 6. The van der Waals surface area contributed by atoms with Crippen molar-refractivity contribution in [1.82, 2.24) is 4.90 Å². The first-order valence-electron chi connectivity index (χ1n) is 5.76. The van der Waals surface area contributed by atoms with Gasteiger partial charge >= 0.3 is 0 Å². The zero-order valence-electron chi connectivity index (χ0n) is 9.61. The molecule has 1 rings (SSSR count). The van der Waals surface area contributed by atoms with Crippen LogP contribution in [0.4, 0.5) is 0 Å². The summed E-state index contributed by atoms with van der Waals surface area (Å²) in [6.07, 6.45) is 3.84. The minimum atomic E-state index is -0.520. The number of unbranched alkanes of at least 4 members (excludes halogenated alkanes) is 1. The Morgan fingerprint density at radius 1 is 1.33 bits per heavy atom. The number of nitrogens with zero attached hydrogens (tertiary/aromatic N) is 1. The molecule has 0 radical (unpaired) electrons. The van der Waals surface area contributed by atoms with Crippen LogP contribution in [-0.2, 0) is 4.74 Å². The fourth-order valence-corrected chi connectivity index (χ4v) is 2.21. The fraction of sp³-hybridized carbons (Fsp3) is 1.00. The Hall–Kier alpha value is 0.230. The van der Waals surface area contributed by atoms with Crippen LogP contribution in [0.3, 0.4) is 0 Å². The number of hydrogen-bond acceptors (Lipinski definition) is 4. The van der Waals surface area contributed by atoms with Crippen molar-refractivity contribution in [2.45, 2.75) is 31.3 Å². The summed E-state index contributed by atoms with van der Waals surface area (Å²) in [6, 6.07) is 0. The molecule has 90 valence electrons. The first kappa shape index (κ1) is 13.3. The fourth-order valence-electron chi connectivity index (χ4n) is 1.98. The lowest BCUT2D eigenvalue weighted by Crippen LogP contribution is -2.45. The zero-order chi connectivity index (χ0) is 11.1. The standard InChI is InChI=1S/C11H23NO2S/c1-12(6-2-3-9-15)10-11(13)4-7-14-8-5-11/h13,15H,2-10H2,1H3. The van der Waals surface area contributed by atoms with Crippen molar-refractivity contribution in [3.8, 4) is 0 Å². The quantitative estimate of drug-likeness (QED) is 0.534. The molecule has 1 fully saturated rings. The summed E-state index contributed by atoms with van der Waals surface area (Å²) in [5, 5.41) is 10.3. The van der Waals surface area contributed by atoms with Crippen LogP contribution >= 0.6 is 12.6 Å². The van der Waals surface area contributed by atoms with Gasteiger partial charge in [0.25, 0.3) is 0 Å². The van der Waals surface area contributed by atoms with E-state index in [-0.39, 0.29) is 0 Å². The van der Waals surface area contributed by atoms with Crippen LogP contribution in [-0.4, -0.2) is 54.7 Å². The molecule has 1 saturated heterocycles. The van der Waals surface area contributed by atoms with Crippen LogP contribution in [0.1, 0.15) is 25.7 Å². The summed E-state index contributed by atoms with van der Waals surface area (Å²) in [5.41, 5.74) is -0.520. The molecule has 0 saturated carbocycles. The van der Waals surface area contributed by atoms with Crippen LogP contribution in [0.5, 0.6) is 0 Å². The Morgan fingerprint density at radius 2 is 2.00 bits per heavy atom. The van der Waals surface area contributed by atoms with Gasteiger partial charge in [0, 0.05) is 32.6 Å². The molecule has 0 amide bonds. The Bertz CT molecular complexity index is 172. The predicted molar refractivity (Wildman–Crippen MR) is 65.6 cm³/mol. The van der Waals surface area contributed by atoms with E-state index in [1.54, 1.807) is 0 Å². The highest BCUT2D eigenvalue weighted by molar-refractivity contribution is 7.80. The molecule has 0 atom stereocenters. The van der Waals surface area contributed by atoms with Gasteiger partial charge in [-0.05, 0) is 32.2 Å². The Labute approximate surface area is 98.2 Å². The topological polar surface area (TPSA) is 32.7 Å². The van der Waals surface area contributed by atoms with Crippen molar-refractivity contribution in [1.29, 1.82) is 0 Å². The van der Waals surface area contributed by atoms with Gasteiger partial charge in [0.05, 0.1) is 5.60 Å². The lowest BCUT2D eigenvalue weighted by molar-refractivity contribution is -0.0768. The molecule has 3 nitrogen and oxygen atoms in total. The van der Waals surface area contributed by atoms with E-state index in [1.165, 1.54) is 0 Å². The second kappa shape index (κ2) is 6.74. The van der Waals surface area contributed by atoms with Crippen LogP contribution in [0.2, 0.25) is 0 Å². The summed E-state index contributed by atoms with van der Waals surface area (Å²) in [6.45, 7) is 3.20. The van der Waals surface area contributed by atoms with E-state index in [0.29, 0.717) is 13.2 Å². The van der Waals surface area contributed by atoms with E-state index in [0.717, 1.165) is 44.5 Å². The molecule has 0 unspecified atom stereocenters. The normalized spacial score (nSPS) is 20.8. The molecular formula is C11H23NO2S. The highest BCUT2D eigenvalue weighted by atomic mass is 32.1. The third-order valence-corrected chi connectivity index (χ3v) is 3.25. The van der Waals surface area contributed by atoms with Gasteiger partial charge in [-0.2, -0.15) is 12.6 Å². The zero-order valence-corrected chi connectivity index (χ0v) is 10.5. The SMILES string of the molecule is CN(CCCCS)CC1(O)CCOCC1. The monoisotopic (exact) mass is 233 g/mol.